The predicted octanol–water partition coefficient (Wildman–Crippen LogP) is 4.14. The molecule has 2 aromatic carbocycles. The van der Waals surface area contributed by atoms with E-state index in [9.17, 15) is 0 Å². The molecule has 1 aromatic heterocycles. The lowest BCUT2D eigenvalue weighted by atomic mass is 10.1. The van der Waals surface area contributed by atoms with Gasteiger partial charge in [0.05, 0.1) is 11.7 Å². The number of rotatable bonds is 4. The number of aromatic nitrogens is 1. The van der Waals surface area contributed by atoms with Crippen LogP contribution in [-0.2, 0) is 11.2 Å². The van der Waals surface area contributed by atoms with Crippen molar-refractivity contribution in [3.8, 4) is 11.3 Å². The van der Waals surface area contributed by atoms with Crippen LogP contribution in [0.5, 0.6) is 0 Å². The van der Waals surface area contributed by atoms with Gasteiger partial charge in [-0.15, -0.1) is 0 Å². The summed E-state index contributed by atoms with van der Waals surface area (Å²) in [4.78, 5) is 9.43. The molecule has 3 aromatic rings. The van der Waals surface area contributed by atoms with Crippen molar-refractivity contribution in [2.45, 2.75) is 12.5 Å². The van der Waals surface area contributed by atoms with Gasteiger partial charge < -0.3 is 4.74 Å². The number of aliphatic imine (C=N–C) groups is 1. The second-order valence-electron chi connectivity index (χ2n) is 5.86. The van der Waals surface area contributed by atoms with Crippen molar-refractivity contribution in [3.63, 3.8) is 0 Å². The molecular weight excluding hydrogens is 296 g/mol. The molecule has 1 aliphatic rings. The van der Waals surface area contributed by atoms with Crippen LogP contribution in [0.3, 0.4) is 0 Å². The zero-order valence-electron chi connectivity index (χ0n) is 13.3. The van der Waals surface area contributed by atoms with E-state index in [1.54, 1.807) is 0 Å². The van der Waals surface area contributed by atoms with Crippen LogP contribution in [0.25, 0.3) is 11.3 Å². The lowest BCUT2D eigenvalue weighted by Crippen LogP contribution is -2.09. The van der Waals surface area contributed by atoms with E-state index >= 15 is 0 Å². The molecular formula is C21H18N2O. The summed E-state index contributed by atoms with van der Waals surface area (Å²) in [6, 6.07) is 26.7. The summed E-state index contributed by atoms with van der Waals surface area (Å²) in [5.41, 5.74) is 4.11. The van der Waals surface area contributed by atoms with E-state index < -0.39 is 0 Å². The number of nitrogens with zero attached hydrogens (tertiary/aromatic N) is 2. The van der Waals surface area contributed by atoms with Crippen LogP contribution < -0.4 is 0 Å². The molecule has 0 fully saturated rings. The number of ether oxygens (including phenoxy) is 1. The van der Waals surface area contributed by atoms with E-state index in [4.69, 9.17) is 14.7 Å². The molecule has 1 atom stereocenters. The topological polar surface area (TPSA) is 34.5 Å². The van der Waals surface area contributed by atoms with E-state index in [1.165, 1.54) is 5.56 Å². The van der Waals surface area contributed by atoms with Gasteiger partial charge in [0.25, 0.3) is 0 Å². The van der Waals surface area contributed by atoms with Crippen molar-refractivity contribution in [2.75, 3.05) is 6.61 Å². The third kappa shape index (κ3) is 3.20. The third-order valence-electron chi connectivity index (χ3n) is 4.06. The van der Waals surface area contributed by atoms with Gasteiger partial charge in [-0.2, -0.15) is 0 Å². The molecule has 0 N–H and O–H groups in total. The largest absolute Gasteiger partial charge is 0.474 e. The lowest BCUT2D eigenvalue weighted by Gasteiger charge is -2.04. The Hall–Kier alpha value is -2.94. The summed E-state index contributed by atoms with van der Waals surface area (Å²) >= 11 is 0. The SMILES string of the molecule is c1ccc(C[C@@H]2COC(c3cccc(-c4ccccc4)n3)=N2)cc1. The molecule has 3 nitrogen and oxygen atoms in total. The molecule has 0 aliphatic carbocycles. The van der Waals surface area contributed by atoms with Crippen LogP contribution in [0.1, 0.15) is 11.3 Å². The van der Waals surface area contributed by atoms with Crippen molar-refractivity contribution >= 4 is 5.90 Å². The van der Waals surface area contributed by atoms with Crippen molar-refractivity contribution < 1.29 is 4.74 Å². The predicted molar refractivity (Wildman–Crippen MR) is 96.1 cm³/mol. The van der Waals surface area contributed by atoms with E-state index in [2.05, 4.69) is 36.4 Å². The van der Waals surface area contributed by atoms with Gasteiger partial charge in [0.15, 0.2) is 0 Å². The minimum Gasteiger partial charge on any atom is -0.474 e. The Bertz CT molecular complexity index is 844. The van der Waals surface area contributed by atoms with Gasteiger partial charge in [-0.1, -0.05) is 66.7 Å². The zero-order valence-corrected chi connectivity index (χ0v) is 13.3. The quantitative estimate of drug-likeness (QED) is 0.725. The fourth-order valence-corrected chi connectivity index (χ4v) is 2.87. The Morgan fingerprint density at radius 1 is 0.792 bits per heavy atom. The van der Waals surface area contributed by atoms with E-state index in [-0.39, 0.29) is 6.04 Å². The molecule has 0 saturated heterocycles. The number of hydrogen-bond donors (Lipinski definition) is 0. The van der Waals surface area contributed by atoms with Crippen LogP contribution in [-0.4, -0.2) is 23.5 Å². The van der Waals surface area contributed by atoms with Gasteiger partial charge in [0, 0.05) is 5.56 Å². The van der Waals surface area contributed by atoms with Gasteiger partial charge in [-0.3, -0.25) is 0 Å². The summed E-state index contributed by atoms with van der Waals surface area (Å²) in [5.74, 6) is 0.647. The normalized spacial score (nSPS) is 16.5. The number of hydrogen-bond acceptors (Lipinski definition) is 3. The maximum absolute atomic E-state index is 5.80. The molecule has 2 heterocycles. The first-order chi connectivity index (χ1) is 11.9. The Kier molecular flexibility index (Phi) is 4.07. The standard InChI is InChI=1S/C21H18N2O/c1-3-8-16(9-4-1)14-18-15-24-21(22-18)20-13-7-12-19(23-20)17-10-5-2-6-11-17/h1-13,18H,14-15H2/t18-/m1/s1. The molecule has 24 heavy (non-hydrogen) atoms. The molecule has 0 saturated carbocycles. The summed E-state index contributed by atoms with van der Waals surface area (Å²) < 4.78 is 5.80. The van der Waals surface area contributed by atoms with Crippen molar-refractivity contribution in [1.82, 2.24) is 4.98 Å². The summed E-state index contributed by atoms with van der Waals surface area (Å²) in [6.07, 6.45) is 0.892. The van der Waals surface area contributed by atoms with Gasteiger partial charge in [0.2, 0.25) is 5.90 Å². The zero-order chi connectivity index (χ0) is 16.2. The average molecular weight is 314 g/mol. The molecule has 3 heteroatoms. The van der Waals surface area contributed by atoms with Crippen LogP contribution >= 0.6 is 0 Å². The smallest absolute Gasteiger partial charge is 0.235 e. The Labute approximate surface area is 141 Å². The molecule has 1 aliphatic heterocycles. The fraction of sp³-hybridized carbons (Fsp3) is 0.143. The highest BCUT2D eigenvalue weighted by Gasteiger charge is 2.21. The van der Waals surface area contributed by atoms with E-state index in [0.29, 0.717) is 12.5 Å². The van der Waals surface area contributed by atoms with Crippen molar-refractivity contribution in [2.24, 2.45) is 4.99 Å². The first-order valence-electron chi connectivity index (χ1n) is 8.16. The van der Waals surface area contributed by atoms with Crippen molar-refractivity contribution in [1.29, 1.82) is 0 Å². The van der Waals surface area contributed by atoms with Crippen LogP contribution in [0.4, 0.5) is 0 Å². The number of pyridine rings is 1. The Morgan fingerprint density at radius 3 is 2.29 bits per heavy atom. The molecule has 0 radical (unpaired) electrons. The third-order valence-corrected chi connectivity index (χ3v) is 4.06. The molecule has 0 spiro atoms. The first-order valence-corrected chi connectivity index (χ1v) is 8.16. The molecule has 0 unspecified atom stereocenters. The monoisotopic (exact) mass is 314 g/mol. The Morgan fingerprint density at radius 2 is 1.50 bits per heavy atom. The van der Waals surface area contributed by atoms with Crippen LogP contribution in [0, 0.1) is 0 Å². The van der Waals surface area contributed by atoms with E-state index in [1.807, 2.05) is 42.5 Å². The van der Waals surface area contributed by atoms with Gasteiger partial charge in [-0.25, -0.2) is 9.98 Å². The molecule has 118 valence electrons. The van der Waals surface area contributed by atoms with E-state index in [0.717, 1.165) is 23.4 Å². The second kappa shape index (κ2) is 6.67. The Balaban J connectivity index is 1.55. The maximum Gasteiger partial charge on any atom is 0.235 e. The minimum atomic E-state index is 0.157. The lowest BCUT2D eigenvalue weighted by molar-refractivity contribution is 0.316. The highest BCUT2D eigenvalue weighted by atomic mass is 16.5. The second-order valence-corrected chi connectivity index (χ2v) is 5.86. The molecule has 0 amide bonds. The summed E-state index contributed by atoms with van der Waals surface area (Å²) in [7, 11) is 0. The minimum absolute atomic E-state index is 0.157. The average Bonchev–Trinajstić information content (AvgIpc) is 3.12. The summed E-state index contributed by atoms with van der Waals surface area (Å²) in [5, 5.41) is 0. The molecule has 4 rings (SSSR count). The highest BCUT2D eigenvalue weighted by molar-refractivity contribution is 5.93. The maximum atomic E-state index is 5.80. The first kappa shape index (κ1) is 14.6. The van der Waals surface area contributed by atoms with Gasteiger partial charge >= 0.3 is 0 Å². The number of benzene rings is 2. The van der Waals surface area contributed by atoms with Crippen LogP contribution in [0.15, 0.2) is 83.9 Å². The van der Waals surface area contributed by atoms with Gasteiger partial charge in [0.1, 0.15) is 12.3 Å². The molecule has 0 bridgehead atoms. The summed E-state index contributed by atoms with van der Waals surface area (Å²) in [6.45, 7) is 0.613. The fourth-order valence-electron chi connectivity index (χ4n) is 2.87. The van der Waals surface area contributed by atoms with Crippen molar-refractivity contribution in [3.05, 3.63) is 90.1 Å². The highest BCUT2D eigenvalue weighted by Crippen LogP contribution is 2.19. The van der Waals surface area contributed by atoms with Gasteiger partial charge in [-0.05, 0) is 24.1 Å². The van der Waals surface area contributed by atoms with Crippen LogP contribution in [0.2, 0.25) is 0 Å².